The van der Waals surface area contributed by atoms with E-state index in [-0.39, 0.29) is 12.3 Å². The molecule has 0 spiro atoms. The molecule has 2 unspecified atom stereocenters. The number of pyridine rings is 1. The number of nitrogens with zero attached hydrogens (tertiary/aromatic N) is 2. The van der Waals surface area contributed by atoms with Crippen LogP contribution >= 0.6 is 0 Å². The van der Waals surface area contributed by atoms with Crippen molar-refractivity contribution in [3.05, 3.63) is 58.9 Å². The van der Waals surface area contributed by atoms with Crippen LogP contribution in [0.5, 0.6) is 5.75 Å². The highest BCUT2D eigenvalue weighted by Gasteiger charge is 2.27. The number of ether oxygens (including phenoxy) is 2. The summed E-state index contributed by atoms with van der Waals surface area (Å²) in [5, 5.41) is 0. The van der Waals surface area contributed by atoms with Crippen molar-refractivity contribution in [2.24, 2.45) is 0 Å². The van der Waals surface area contributed by atoms with E-state index in [2.05, 4.69) is 35.0 Å². The first kappa shape index (κ1) is 16.0. The summed E-state index contributed by atoms with van der Waals surface area (Å²) < 4.78 is 11.8. The van der Waals surface area contributed by atoms with Crippen LogP contribution in [0.1, 0.15) is 35.4 Å². The van der Waals surface area contributed by atoms with E-state index < -0.39 is 0 Å². The maximum absolute atomic E-state index is 6.42. The van der Waals surface area contributed by atoms with Crippen molar-refractivity contribution >= 4 is 0 Å². The predicted octanol–water partition coefficient (Wildman–Crippen LogP) is 3.20. The largest absolute Gasteiger partial charge is 0.497 e. The van der Waals surface area contributed by atoms with Gasteiger partial charge in [0.1, 0.15) is 18.1 Å². The van der Waals surface area contributed by atoms with E-state index in [0.717, 1.165) is 29.8 Å². The van der Waals surface area contributed by atoms with E-state index in [4.69, 9.17) is 9.47 Å². The molecule has 0 saturated heterocycles. The summed E-state index contributed by atoms with van der Waals surface area (Å²) in [5.74, 6) is 0.863. The second-order valence-electron chi connectivity index (χ2n) is 6.18. The van der Waals surface area contributed by atoms with Crippen LogP contribution in [0.15, 0.2) is 36.5 Å². The standard InChI is InChI=1S/C19H24N2O2/c1-13(21(2)3)23-19-16-6-5-11-20-18(16)10-8-14-7-9-15(22-4)12-17(14)19/h5-7,9,11-13,19H,8,10H2,1-4H3. The molecule has 0 fully saturated rings. The van der Waals surface area contributed by atoms with Crippen LogP contribution in [-0.2, 0) is 17.6 Å². The molecule has 1 aliphatic rings. The molecule has 1 aromatic carbocycles. The van der Waals surface area contributed by atoms with Crippen molar-refractivity contribution in [1.82, 2.24) is 9.88 Å². The van der Waals surface area contributed by atoms with E-state index in [1.807, 2.05) is 32.4 Å². The molecule has 122 valence electrons. The third-order valence-electron chi connectivity index (χ3n) is 4.53. The molecule has 4 nitrogen and oxygen atoms in total. The Hall–Kier alpha value is -1.91. The minimum absolute atomic E-state index is 0.00482. The molecule has 23 heavy (non-hydrogen) atoms. The Balaban J connectivity index is 2.10. The highest BCUT2D eigenvalue weighted by molar-refractivity contribution is 5.44. The van der Waals surface area contributed by atoms with Gasteiger partial charge in [0.15, 0.2) is 0 Å². The molecule has 0 bridgehead atoms. The molecular formula is C19H24N2O2. The SMILES string of the molecule is COc1ccc2c(c1)C(OC(C)N(C)C)c1cccnc1CC2. The molecular weight excluding hydrogens is 288 g/mol. The molecule has 2 atom stereocenters. The van der Waals surface area contributed by atoms with Gasteiger partial charge in [-0.1, -0.05) is 12.1 Å². The minimum atomic E-state index is -0.122. The zero-order valence-corrected chi connectivity index (χ0v) is 14.2. The number of hydrogen-bond acceptors (Lipinski definition) is 4. The van der Waals surface area contributed by atoms with Crippen LogP contribution in [0.4, 0.5) is 0 Å². The fraction of sp³-hybridized carbons (Fsp3) is 0.421. The van der Waals surface area contributed by atoms with E-state index in [0.29, 0.717) is 0 Å². The van der Waals surface area contributed by atoms with Crippen LogP contribution < -0.4 is 4.74 Å². The van der Waals surface area contributed by atoms with Gasteiger partial charge < -0.3 is 9.47 Å². The normalized spacial score (nSPS) is 18.0. The van der Waals surface area contributed by atoms with Crippen molar-refractivity contribution < 1.29 is 9.47 Å². The van der Waals surface area contributed by atoms with E-state index in [9.17, 15) is 0 Å². The molecule has 1 heterocycles. The molecule has 0 amide bonds. The third kappa shape index (κ3) is 3.23. The Kier molecular flexibility index (Phi) is 4.64. The highest BCUT2D eigenvalue weighted by Crippen LogP contribution is 2.37. The summed E-state index contributed by atoms with van der Waals surface area (Å²) in [5.41, 5.74) is 4.77. The number of hydrogen-bond donors (Lipinski definition) is 0. The van der Waals surface area contributed by atoms with Gasteiger partial charge in [-0.25, -0.2) is 0 Å². The molecule has 3 rings (SSSR count). The first-order chi connectivity index (χ1) is 11.1. The molecule has 2 aromatic rings. The number of fused-ring (bicyclic) bond motifs is 2. The van der Waals surface area contributed by atoms with Crippen LogP contribution in [-0.4, -0.2) is 37.3 Å². The number of rotatable bonds is 4. The number of aryl methyl sites for hydroxylation is 2. The Bertz CT molecular complexity index is 685. The second kappa shape index (κ2) is 6.69. The van der Waals surface area contributed by atoms with Crippen LogP contribution in [0.25, 0.3) is 0 Å². The summed E-state index contributed by atoms with van der Waals surface area (Å²) in [6, 6.07) is 10.4. The Labute approximate surface area is 138 Å². The highest BCUT2D eigenvalue weighted by atomic mass is 16.5. The number of benzene rings is 1. The lowest BCUT2D eigenvalue weighted by Crippen LogP contribution is -2.29. The quantitative estimate of drug-likeness (QED) is 0.812. The molecule has 1 aromatic heterocycles. The van der Waals surface area contributed by atoms with Crippen molar-refractivity contribution in [2.45, 2.75) is 32.1 Å². The van der Waals surface area contributed by atoms with E-state index >= 15 is 0 Å². The Morgan fingerprint density at radius 1 is 1.17 bits per heavy atom. The molecule has 1 aliphatic carbocycles. The maximum atomic E-state index is 6.42. The average molecular weight is 312 g/mol. The first-order valence-electron chi connectivity index (χ1n) is 8.02. The van der Waals surface area contributed by atoms with Gasteiger partial charge in [0.25, 0.3) is 0 Å². The zero-order valence-electron chi connectivity index (χ0n) is 14.2. The van der Waals surface area contributed by atoms with Gasteiger partial charge in [0.2, 0.25) is 0 Å². The van der Waals surface area contributed by atoms with Gasteiger partial charge >= 0.3 is 0 Å². The molecule has 0 radical (unpaired) electrons. The van der Waals surface area contributed by atoms with Gasteiger partial charge in [-0.15, -0.1) is 0 Å². The van der Waals surface area contributed by atoms with Crippen LogP contribution in [0.2, 0.25) is 0 Å². The van der Waals surface area contributed by atoms with Crippen LogP contribution in [0.3, 0.4) is 0 Å². The van der Waals surface area contributed by atoms with Crippen molar-refractivity contribution in [3.8, 4) is 5.75 Å². The third-order valence-corrected chi connectivity index (χ3v) is 4.53. The summed E-state index contributed by atoms with van der Waals surface area (Å²) in [7, 11) is 5.75. The molecule has 0 aliphatic heterocycles. The van der Waals surface area contributed by atoms with Crippen molar-refractivity contribution in [3.63, 3.8) is 0 Å². The summed E-state index contributed by atoms with van der Waals surface area (Å²) in [4.78, 5) is 6.65. The van der Waals surface area contributed by atoms with Crippen LogP contribution in [0, 0.1) is 0 Å². The van der Waals surface area contributed by atoms with Gasteiger partial charge in [-0.05, 0) is 63.2 Å². The average Bonchev–Trinajstić information content (AvgIpc) is 2.72. The monoisotopic (exact) mass is 312 g/mol. The van der Waals surface area contributed by atoms with Gasteiger partial charge in [-0.3, -0.25) is 9.88 Å². The molecule has 0 saturated carbocycles. The van der Waals surface area contributed by atoms with E-state index in [1.165, 1.54) is 11.1 Å². The number of methoxy groups -OCH3 is 1. The van der Waals surface area contributed by atoms with Gasteiger partial charge in [0, 0.05) is 17.5 Å². The first-order valence-corrected chi connectivity index (χ1v) is 8.02. The Morgan fingerprint density at radius 3 is 2.74 bits per heavy atom. The van der Waals surface area contributed by atoms with Gasteiger partial charge in [-0.2, -0.15) is 0 Å². The fourth-order valence-corrected chi connectivity index (χ4v) is 2.96. The van der Waals surface area contributed by atoms with Crippen molar-refractivity contribution in [2.75, 3.05) is 21.2 Å². The van der Waals surface area contributed by atoms with Gasteiger partial charge in [0.05, 0.1) is 7.11 Å². The lowest BCUT2D eigenvalue weighted by molar-refractivity contribution is -0.0568. The summed E-state index contributed by atoms with van der Waals surface area (Å²) >= 11 is 0. The lowest BCUT2D eigenvalue weighted by atomic mass is 9.98. The second-order valence-corrected chi connectivity index (χ2v) is 6.18. The Morgan fingerprint density at radius 2 is 2.00 bits per heavy atom. The van der Waals surface area contributed by atoms with Crippen molar-refractivity contribution in [1.29, 1.82) is 0 Å². The summed E-state index contributed by atoms with van der Waals surface area (Å²) in [6.45, 7) is 2.07. The summed E-state index contributed by atoms with van der Waals surface area (Å²) in [6.07, 6.45) is 3.65. The topological polar surface area (TPSA) is 34.6 Å². The maximum Gasteiger partial charge on any atom is 0.119 e. The zero-order chi connectivity index (χ0) is 16.4. The van der Waals surface area contributed by atoms with E-state index in [1.54, 1.807) is 7.11 Å². The smallest absolute Gasteiger partial charge is 0.119 e. The molecule has 0 N–H and O–H groups in total. The molecule has 4 heteroatoms. The number of aromatic nitrogens is 1. The minimum Gasteiger partial charge on any atom is -0.497 e. The predicted molar refractivity (Wildman–Crippen MR) is 90.7 cm³/mol. The lowest BCUT2D eigenvalue weighted by Gasteiger charge is -2.28. The fourth-order valence-electron chi connectivity index (χ4n) is 2.96.